The normalized spacial score (nSPS) is 14.6. The van der Waals surface area contributed by atoms with E-state index in [2.05, 4.69) is 35.5 Å². The minimum Gasteiger partial charge on any atom is -0.473 e. The number of amides is 1. The van der Waals surface area contributed by atoms with E-state index in [-0.39, 0.29) is 5.91 Å². The molecule has 2 N–H and O–H groups in total. The molecule has 3 rings (SSSR count). The summed E-state index contributed by atoms with van der Waals surface area (Å²) in [6.45, 7) is 8.73. The van der Waals surface area contributed by atoms with Gasteiger partial charge in [-0.25, -0.2) is 14.6 Å². The number of benzene rings is 1. The minimum atomic E-state index is -1.82. The number of hydrogen-bond donors (Lipinski definition) is 2. The minimum absolute atomic E-state index is 0.202. The number of aromatic nitrogens is 2. The van der Waals surface area contributed by atoms with Gasteiger partial charge in [0.2, 0.25) is 5.91 Å². The van der Waals surface area contributed by atoms with Crippen molar-refractivity contribution >= 4 is 28.9 Å². The van der Waals surface area contributed by atoms with Crippen LogP contribution >= 0.6 is 0 Å². The van der Waals surface area contributed by atoms with Crippen molar-refractivity contribution in [3.63, 3.8) is 0 Å². The van der Waals surface area contributed by atoms with Crippen LogP contribution in [0.1, 0.15) is 30.9 Å². The van der Waals surface area contributed by atoms with Crippen molar-refractivity contribution in [1.82, 2.24) is 14.5 Å². The zero-order valence-electron chi connectivity index (χ0n) is 15.8. The molecule has 0 bridgehead atoms. The van der Waals surface area contributed by atoms with Gasteiger partial charge in [-0.3, -0.25) is 4.79 Å². The van der Waals surface area contributed by atoms with E-state index in [9.17, 15) is 4.79 Å². The monoisotopic (exact) mass is 375 g/mol. The Morgan fingerprint density at radius 3 is 2.15 bits per heavy atom. The third-order valence-corrected chi connectivity index (χ3v) is 4.93. The van der Waals surface area contributed by atoms with Gasteiger partial charge in [-0.15, -0.1) is 0 Å². The number of aliphatic carboxylic acids is 2. The maximum absolute atomic E-state index is 11.4. The molecule has 2 heterocycles. The second-order valence-electron chi connectivity index (χ2n) is 6.88. The lowest BCUT2D eigenvalue weighted by Gasteiger charge is -2.31. The Hall–Kier alpha value is -2.90. The maximum Gasteiger partial charge on any atom is 0.414 e. The molecular formula is C19H25N3O5. The molecule has 0 aliphatic carbocycles. The lowest BCUT2D eigenvalue weighted by Crippen LogP contribution is -2.37. The first kappa shape index (κ1) is 20.4. The van der Waals surface area contributed by atoms with Crippen LogP contribution in [0.4, 0.5) is 0 Å². The fraction of sp³-hybridized carbons (Fsp3) is 0.474. The summed E-state index contributed by atoms with van der Waals surface area (Å²) in [5.74, 6) is -2.81. The van der Waals surface area contributed by atoms with Crippen molar-refractivity contribution in [2.75, 3.05) is 13.1 Å². The van der Waals surface area contributed by atoms with Gasteiger partial charge in [0, 0.05) is 26.6 Å². The Bertz CT molecular complexity index is 838. The molecule has 1 amide bonds. The Morgan fingerprint density at radius 1 is 1.07 bits per heavy atom. The van der Waals surface area contributed by atoms with E-state index in [0.29, 0.717) is 5.92 Å². The number of carboxylic acids is 2. The standard InChI is InChI=1S/C17H23N3O.C2H2O4/c1-12-8-16-17(9-13(12)2)20(11-18-16)10-15-4-6-19(7-5-15)14(3)21;3-1(4)2(5)6/h8-9,11,15H,4-7,10H2,1-3H3;(H,3,4)(H,5,6). The van der Waals surface area contributed by atoms with E-state index in [1.54, 1.807) is 6.92 Å². The van der Waals surface area contributed by atoms with Crippen LogP contribution in [-0.2, 0) is 20.9 Å². The third kappa shape index (κ3) is 5.29. The van der Waals surface area contributed by atoms with Gasteiger partial charge in [0.1, 0.15) is 0 Å². The summed E-state index contributed by atoms with van der Waals surface area (Å²) in [5, 5.41) is 14.8. The van der Waals surface area contributed by atoms with Gasteiger partial charge in [0.05, 0.1) is 17.4 Å². The van der Waals surface area contributed by atoms with Gasteiger partial charge in [-0.1, -0.05) is 0 Å². The molecule has 0 radical (unpaired) electrons. The van der Waals surface area contributed by atoms with Crippen LogP contribution < -0.4 is 0 Å². The SMILES string of the molecule is CC(=O)N1CCC(Cn2cnc3cc(C)c(C)cc32)CC1.O=C(O)C(=O)O. The van der Waals surface area contributed by atoms with Crippen molar-refractivity contribution in [3.05, 3.63) is 29.6 Å². The van der Waals surface area contributed by atoms with Crippen LogP contribution in [0, 0.1) is 19.8 Å². The van der Waals surface area contributed by atoms with Crippen molar-refractivity contribution in [1.29, 1.82) is 0 Å². The van der Waals surface area contributed by atoms with Crippen LogP contribution in [0.25, 0.3) is 11.0 Å². The van der Waals surface area contributed by atoms with Gasteiger partial charge in [-0.2, -0.15) is 0 Å². The van der Waals surface area contributed by atoms with Gasteiger partial charge in [0.15, 0.2) is 0 Å². The predicted octanol–water partition coefficient (Wildman–Crippen LogP) is 2.07. The van der Waals surface area contributed by atoms with E-state index in [1.807, 2.05) is 11.2 Å². The number of imidazole rings is 1. The second kappa shape index (κ2) is 8.66. The van der Waals surface area contributed by atoms with E-state index in [4.69, 9.17) is 19.8 Å². The molecule has 2 aromatic rings. The van der Waals surface area contributed by atoms with Crippen LogP contribution in [0.3, 0.4) is 0 Å². The zero-order valence-corrected chi connectivity index (χ0v) is 15.8. The number of aryl methyl sites for hydroxylation is 2. The summed E-state index contributed by atoms with van der Waals surface area (Å²) in [5.41, 5.74) is 4.92. The number of rotatable bonds is 2. The molecule has 8 heteroatoms. The van der Waals surface area contributed by atoms with Crippen LogP contribution in [0.15, 0.2) is 18.5 Å². The number of fused-ring (bicyclic) bond motifs is 1. The van der Waals surface area contributed by atoms with Gasteiger partial charge >= 0.3 is 11.9 Å². The molecule has 0 saturated carbocycles. The van der Waals surface area contributed by atoms with E-state index in [0.717, 1.165) is 38.0 Å². The fourth-order valence-corrected chi connectivity index (χ4v) is 3.17. The first-order valence-corrected chi connectivity index (χ1v) is 8.82. The molecule has 1 aromatic carbocycles. The van der Waals surface area contributed by atoms with Crippen molar-refractivity contribution in [2.24, 2.45) is 5.92 Å². The van der Waals surface area contributed by atoms with Crippen LogP contribution in [-0.4, -0.2) is 55.6 Å². The van der Waals surface area contributed by atoms with Crippen LogP contribution in [0.2, 0.25) is 0 Å². The van der Waals surface area contributed by atoms with Gasteiger partial charge in [-0.05, 0) is 55.9 Å². The summed E-state index contributed by atoms with van der Waals surface area (Å²) in [6.07, 6.45) is 4.13. The Morgan fingerprint density at radius 2 is 1.63 bits per heavy atom. The zero-order chi connectivity index (χ0) is 20.1. The molecule has 0 atom stereocenters. The molecule has 27 heavy (non-hydrogen) atoms. The Labute approximate surface area is 157 Å². The average molecular weight is 375 g/mol. The first-order valence-electron chi connectivity index (χ1n) is 8.82. The molecule has 0 spiro atoms. The highest BCUT2D eigenvalue weighted by molar-refractivity contribution is 6.27. The van der Waals surface area contributed by atoms with Gasteiger partial charge in [0.25, 0.3) is 0 Å². The van der Waals surface area contributed by atoms with Crippen molar-refractivity contribution in [2.45, 2.75) is 40.2 Å². The quantitative estimate of drug-likeness (QED) is 0.777. The highest BCUT2D eigenvalue weighted by Gasteiger charge is 2.21. The lowest BCUT2D eigenvalue weighted by molar-refractivity contribution is -0.159. The van der Waals surface area contributed by atoms with Gasteiger partial charge < -0.3 is 19.7 Å². The largest absolute Gasteiger partial charge is 0.473 e. The van der Waals surface area contributed by atoms with E-state index < -0.39 is 11.9 Å². The molecule has 1 saturated heterocycles. The smallest absolute Gasteiger partial charge is 0.414 e. The number of carboxylic acid groups (broad SMARTS) is 2. The summed E-state index contributed by atoms with van der Waals surface area (Å²) >= 11 is 0. The summed E-state index contributed by atoms with van der Waals surface area (Å²) in [7, 11) is 0. The fourth-order valence-electron chi connectivity index (χ4n) is 3.17. The number of carbonyl (C=O) groups excluding carboxylic acids is 1. The topological polar surface area (TPSA) is 113 Å². The summed E-state index contributed by atoms with van der Waals surface area (Å²) in [6, 6.07) is 4.40. The molecular weight excluding hydrogens is 350 g/mol. The van der Waals surface area contributed by atoms with E-state index in [1.165, 1.54) is 16.6 Å². The summed E-state index contributed by atoms with van der Waals surface area (Å²) in [4.78, 5) is 36.1. The van der Waals surface area contributed by atoms with Crippen molar-refractivity contribution < 1.29 is 24.6 Å². The molecule has 146 valence electrons. The predicted molar refractivity (Wildman–Crippen MR) is 99.5 cm³/mol. The van der Waals surface area contributed by atoms with Crippen molar-refractivity contribution in [3.8, 4) is 0 Å². The molecule has 1 aliphatic heterocycles. The number of hydrogen-bond acceptors (Lipinski definition) is 4. The second-order valence-corrected chi connectivity index (χ2v) is 6.88. The number of piperidine rings is 1. The summed E-state index contributed by atoms with van der Waals surface area (Å²) < 4.78 is 2.27. The van der Waals surface area contributed by atoms with Crippen LogP contribution in [0.5, 0.6) is 0 Å². The Kier molecular flexibility index (Phi) is 6.55. The van der Waals surface area contributed by atoms with E-state index >= 15 is 0 Å². The molecule has 1 aliphatic rings. The number of nitrogens with zero attached hydrogens (tertiary/aromatic N) is 3. The third-order valence-electron chi connectivity index (χ3n) is 4.93. The maximum atomic E-state index is 11.4. The molecule has 8 nitrogen and oxygen atoms in total. The number of likely N-dealkylation sites (tertiary alicyclic amines) is 1. The average Bonchev–Trinajstić information content (AvgIpc) is 2.98. The number of carbonyl (C=O) groups is 3. The highest BCUT2D eigenvalue weighted by atomic mass is 16.4. The first-order chi connectivity index (χ1) is 12.7. The lowest BCUT2D eigenvalue weighted by atomic mass is 9.96. The molecule has 1 aromatic heterocycles. The molecule has 0 unspecified atom stereocenters. The highest BCUT2D eigenvalue weighted by Crippen LogP contribution is 2.23. The molecule has 1 fully saturated rings. The Balaban J connectivity index is 0.000000380.